The molecule has 39 heavy (non-hydrogen) atoms. The van der Waals surface area contributed by atoms with Crippen LogP contribution in [0.3, 0.4) is 0 Å². The van der Waals surface area contributed by atoms with E-state index >= 15 is 0 Å². The number of carboxylic acid groups (broad SMARTS) is 1. The van der Waals surface area contributed by atoms with Crippen molar-refractivity contribution in [2.75, 3.05) is 0 Å². The van der Waals surface area contributed by atoms with Crippen molar-refractivity contribution in [3.63, 3.8) is 0 Å². The Hall–Kier alpha value is -4.13. The molecule has 0 bridgehead atoms. The van der Waals surface area contributed by atoms with Gasteiger partial charge in [-0.2, -0.15) is 0 Å². The molecule has 1 heterocycles. The van der Waals surface area contributed by atoms with Gasteiger partial charge < -0.3 is 19.7 Å². The van der Waals surface area contributed by atoms with Gasteiger partial charge in [0, 0.05) is 12.1 Å². The van der Waals surface area contributed by atoms with E-state index in [9.17, 15) is 14.7 Å². The lowest BCUT2D eigenvalue weighted by Crippen LogP contribution is -2.37. The van der Waals surface area contributed by atoms with Gasteiger partial charge in [-0.3, -0.25) is 4.79 Å². The first-order chi connectivity index (χ1) is 18.6. The molecule has 0 aliphatic carbocycles. The number of hydrogen-bond donors (Lipinski definition) is 2. The Bertz CT molecular complexity index is 1470. The second-order valence-electron chi connectivity index (χ2n) is 10.6. The second-order valence-corrected chi connectivity index (χ2v) is 10.6. The van der Waals surface area contributed by atoms with Crippen molar-refractivity contribution in [2.24, 2.45) is 0 Å². The van der Waals surface area contributed by atoms with E-state index in [0.717, 1.165) is 34.4 Å². The zero-order valence-corrected chi connectivity index (χ0v) is 23.3. The lowest BCUT2D eigenvalue weighted by Gasteiger charge is -2.22. The highest BCUT2D eigenvalue weighted by atomic mass is 16.5. The third-order valence-corrected chi connectivity index (χ3v) is 6.97. The number of hydrogen-bond acceptors (Lipinski definition) is 4. The Labute approximate surface area is 229 Å². The molecule has 4 aromatic rings. The van der Waals surface area contributed by atoms with Gasteiger partial charge in [0.05, 0.1) is 17.1 Å². The maximum atomic E-state index is 13.1. The first-order valence-electron chi connectivity index (χ1n) is 13.5. The topological polar surface area (TPSA) is 93.5 Å². The van der Waals surface area contributed by atoms with Crippen LogP contribution in [0.5, 0.6) is 5.75 Å². The van der Waals surface area contributed by atoms with Crippen LogP contribution in [0.25, 0.3) is 11.0 Å². The zero-order chi connectivity index (χ0) is 28.2. The van der Waals surface area contributed by atoms with E-state index in [1.807, 2.05) is 50.2 Å². The number of carbonyl (C=O) groups excluding carboxylic acids is 1. The van der Waals surface area contributed by atoms with Crippen molar-refractivity contribution in [3.8, 4) is 5.75 Å². The summed E-state index contributed by atoms with van der Waals surface area (Å²) < 4.78 is 7.77. The van der Waals surface area contributed by atoms with Crippen LogP contribution < -0.4 is 10.1 Å². The molecule has 4 rings (SSSR count). The minimum absolute atomic E-state index is 0.117. The first kappa shape index (κ1) is 27.9. The fourth-order valence-electron chi connectivity index (χ4n) is 4.54. The van der Waals surface area contributed by atoms with Gasteiger partial charge >= 0.3 is 5.97 Å². The number of aromatic nitrogens is 2. The van der Waals surface area contributed by atoms with E-state index < -0.39 is 11.6 Å². The minimum Gasteiger partial charge on any atom is -0.478 e. The molecule has 7 nitrogen and oxygen atoms in total. The molecule has 0 aliphatic heterocycles. The molecule has 1 atom stereocenters. The van der Waals surface area contributed by atoms with Crippen molar-refractivity contribution in [2.45, 2.75) is 72.1 Å². The quantitative estimate of drug-likeness (QED) is 0.233. The van der Waals surface area contributed by atoms with Gasteiger partial charge in [-0.1, -0.05) is 49.7 Å². The monoisotopic (exact) mass is 527 g/mol. The summed E-state index contributed by atoms with van der Waals surface area (Å²) in [7, 11) is 0. The number of rotatable bonds is 11. The number of fused-ring (bicyclic) bond motifs is 1. The maximum Gasteiger partial charge on any atom is 0.347 e. The number of amides is 1. The van der Waals surface area contributed by atoms with Gasteiger partial charge in [0.15, 0.2) is 5.60 Å². The standard InChI is InChI=1S/C32H37N3O4/c1-6-7-9-23-12-14-25(15-13-23)21(2)33-30(36)26-16-17-29-28(19-26)34-22(3)35(29)20-24-10-8-11-27(18-24)39-32(4,5)31(37)38/h8,10-19,21H,6-7,9,20H2,1-5H3,(H,33,36)(H,37,38)/t21-/m0/s1. The summed E-state index contributed by atoms with van der Waals surface area (Å²) in [6.45, 7) is 9.69. The van der Waals surface area contributed by atoms with E-state index in [1.54, 1.807) is 6.07 Å². The molecular weight excluding hydrogens is 490 g/mol. The van der Waals surface area contributed by atoms with Crippen LogP contribution in [0.1, 0.15) is 79.5 Å². The Morgan fingerprint density at radius 2 is 1.79 bits per heavy atom. The van der Waals surface area contributed by atoms with Crippen LogP contribution in [-0.4, -0.2) is 32.1 Å². The number of imidazole rings is 1. The van der Waals surface area contributed by atoms with Crippen LogP contribution >= 0.6 is 0 Å². The number of ether oxygens (including phenoxy) is 1. The average Bonchev–Trinajstić information content (AvgIpc) is 3.21. The van der Waals surface area contributed by atoms with Crippen LogP contribution in [0.15, 0.2) is 66.7 Å². The number of unbranched alkanes of at least 4 members (excludes halogenated alkanes) is 1. The number of carboxylic acids is 1. The molecule has 0 spiro atoms. The highest BCUT2D eigenvalue weighted by Crippen LogP contribution is 2.24. The average molecular weight is 528 g/mol. The largest absolute Gasteiger partial charge is 0.478 e. The van der Waals surface area contributed by atoms with Gasteiger partial charge in [-0.25, -0.2) is 9.78 Å². The molecule has 2 N–H and O–H groups in total. The molecule has 0 fully saturated rings. The van der Waals surface area contributed by atoms with Crippen LogP contribution in [0.2, 0.25) is 0 Å². The normalized spacial score (nSPS) is 12.3. The number of nitrogens with zero attached hydrogens (tertiary/aromatic N) is 2. The molecular formula is C32H37N3O4. The number of aliphatic carboxylic acids is 1. The van der Waals surface area contributed by atoms with Crippen molar-refractivity contribution < 1.29 is 19.4 Å². The number of benzene rings is 3. The van der Waals surface area contributed by atoms with Crippen LogP contribution in [-0.2, 0) is 17.8 Å². The second kappa shape index (κ2) is 11.7. The summed E-state index contributed by atoms with van der Waals surface area (Å²) >= 11 is 0. The molecule has 3 aromatic carbocycles. The Morgan fingerprint density at radius 1 is 1.05 bits per heavy atom. The van der Waals surface area contributed by atoms with E-state index in [1.165, 1.54) is 32.3 Å². The van der Waals surface area contributed by atoms with E-state index in [4.69, 9.17) is 9.72 Å². The number of carbonyl (C=O) groups is 2. The predicted octanol–water partition coefficient (Wildman–Crippen LogP) is 6.47. The Kier molecular flexibility index (Phi) is 8.38. The lowest BCUT2D eigenvalue weighted by molar-refractivity contribution is -0.152. The molecule has 0 unspecified atom stereocenters. The smallest absolute Gasteiger partial charge is 0.347 e. The third-order valence-electron chi connectivity index (χ3n) is 6.97. The molecule has 0 aliphatic rings. The number of nitrogens with one attached hydrogen (secondary N) is 1. The van der Waals surface area contributed by atoms with Gasteiger partial charge in [0.2, 0.25) is 0 Å². The summed E-state index contributed by atoms with van der Waals surface area (Å²) in [5, 5.41) is 12.5. The third kappa shape index (κ3) is 6.66. The highest BCUT2D eigenvalue weighted by molar-refractivity contribution is 5.97. The SMILES string of the molecule is CCCCc1ccc([C@H](C)NC(=O)c2ccc3c(c2)nc(C)n3Cc2cccc(OC(C)(C)C(=O)O)c2)cc1. The fourth-order valence-corrected chi connectivity index (χ4v) is 4.54. The lowest BCUT2D eigenvalue weighted by atomic mass is 10.0. The molecule has 0 saturated carbocycles. The van der Waals surface area contributed by atoms with Crippen molar-refractivity contribution in [1.82, 2.24) is 14.9 Å². The summed E-state index contributed by atoms with van der Waals surface area (Å²) in [6.07, 6.45) is 3.42. The molecule has 204 valence electrons. The van der Waals surface area contributed by atoms with Gasteiger partial charge in [-0.15, -0.1) is 0 Å². The summed E-state index contributed by atoms with van der Waals surface area (Å²) in [4.78, 5) is 29.2. The summed E-state index contributed by atoms with van der Waals surface area (Å²) in [5.74, 6) is 0.137. The summed E-state index contributed by atoms with van der Waals surface area (Å²) in [5.41, 5.74) is 4.23. The van der Waals surface area contributed by atoms with E-state index in [0.29, 0.717) is 17.9 Å². The Balaban J connectivity index is 1.48. The van der Waals surface area contributed by atoms with Crippen molar-refractivity contribution in [3.05, 3.63) is 94.8 Å². The predicted molar refractivity (Wildman–Crippen MR) is 153 cm³/mol. The zero-order valence-electron chi connectivity index (χ0n) is 23.3. The molecule has 1 amide bonds. The van der Waals surface area contributed by atoms with Crippen LogP contribution in [0.4, 0.5) is 0 Å². The first-order valence-corrected chi connectivity index (χ1v) is 13.5. The van der Waals surface area contributed by atoms with E-state index in [-0.39, 0.29) is 11.9 Å². The van der Waals surface area contributed by atoms with Crippen LogP contribution in [0, 0.1) is 6.92 Å². The molecule has 1 aromatic heterocycles. The van der Waals surface area contributed by atoms with Gasteiger partial charge in [-0.05, 0) is 87.6 Å². The molecule has 7 heteroatoms. The fraction of sp³-hybridized carbons (Fsp3) is 0.344. The van der Waals surface area contributed by atoms with Gasteiger partial charge in [0.25, 0.3) is 5.91 Å². The van der Waals surface area contributed by atoms with Crippen molar-refractivity contribution >= 4 is 22.9 Å². The Morgan fingerprint density at radius 3 is 2.49 bits per heavy atom. The minimum atomic E-state index is -1.33. The molecule has 0 saturated heterocycles. The maximum absolute atomic E-state index is 13.1. The molecule has 0 radical (unpaired) electrons. The number of aryl methyl sites for hydroxylation is 2. The van der Waals surface area contributed by atoms with Gasteiger partial charge in [0.1, 0.15) is 11.6 Å². The van der Waals surface area contributed by atoms with E-state index in [2.05, 4.69) is 41.1 Å². The summed E-state index contributed by atoms with van der Waals surface area (Å²) in [6, 6.07) is 21.3. The highest BCUT2D eigenvalue weighted by Gasteiger charge is 2.29. The van der Waals surface area contributed by atoms with Crippen molar-refractivity contribution in [1.29, 1.82) is 0 Å².